The highest BCUT2D eigenvalue weighted by atomic mass is 35.5. The molecule has 2 aromatic rings. The number of carbonyl (C=O) groups excluding carboxylic acids is 1. The van der Waals surface area contributed by atoms with Gasteiger partial charge in [0.25, 0.3) is 0 Å². The van der Waals surface area contributed by atoms with E-state index in [0.29, 0.717) is 5.82 Å². The Bertz CT molecular complexity index is 716. The molecule has 124 valence electrons. The van der Waals surface area contributed by atoms with Crippen molar-refractivity contribution in [3.63, 3.8) is 0 Å². The highest BCUT2D eigenvalue weighted by Crippen LogP contribution is 2.31. The van der Waals surface area contributed by atoms with E-state index in [-0.39, 0.29) is 17.4 Å². The van der Waals surface area contributed by atoms with E-state index in [9.17, 15) is 4.79 Å². The van der Waals surface area contributed by atoms with Crippen LogP contribution >= 0.6 is 11.6 Å². The van der Waals surface area contributed by atoms with Gasteiger partial charge in [-0.3, -0.25) is 4.90 Å². The molecule has 0 unspecified atom stereocenters. The van der Waals surface area contributed by atoms with Crippen LogP contribution in [0.4, 0.5) is 10.6 Å². The van der Waals surface area contributed by atoms with Gasteiger partial charge in [-0.15, -0.1) is 5.10 Å². The fraction of sp³-hybridized carbons (Fsp3) is 0.562. The minimum atomic E-state index is -0.566. The molecule has 1 amide bonds. The molecule has 0 saturated heterocycles. The van der Waals surface area contributed by atoms with E-state index in [4.69, 9.17) is 16.3 Å². The average molecular weight is 337 g/mol. The molecule has 0 N–H and O–H groups in total. The van der Waals surface area contributed by atoms with Crippen molar-refractivity contribution < 1.29 is 9.53 Å². The number of nitrogens with zero attached hydrogens (tertiary/aromatic N) is 4. The lowest BCUT2D eigenvalue weighted by molar-refractivity contribution is 0.0565. The quantitative estimate of drug-likeness (QED) is 0.829. The molecule has 0 aromatic carbocycles. The van der Waals surface area contributed by atoms with Gasteiger partial charge in [0.2, 0.25) is 5.28 Å². The zero-order valence-electron chi connectivity index (χ0n) is 13.6. The van der Waals surface area contributed by atoms with E-state index in [2.05, 4.69) is 10.1 Å². The molecule has 1 saturated carbocycles. The van der Waals surface area contributed by atoms with Gasteiger partial charge in [0.15, 0.2) is 5.82 Å². The van der Waals surface area contributed by atoms with Gasteiger partial charge in [-0.2, -0.15) is 4.98 Å². The Morgan fingerprint density at radius 2 is 2.09 bits per heavy atom. The van der Waals surface area contributed by atoms with E-state index < -0.39 is 5.60 Å². The smallest absolute Gasteiger partial charge is 0.416 e. The summed E-state index contributed by atoms with van der Waals surface area (Å²) in [6.07, 6.45) is 5.47. The molecule has 1 fully saturated rings. The van der Waals surface area contributed by atoms with Crippen molar-refractivity contribution in [2.75, 3.05) is 4.90 Å². The van der Waals surface area contributed by atoms with Crippen LogP contribution in [0, 0.1) is 0 Å². The first-order valence-corrected chi connectivity index (χ1v) is 8.26. The van der Waals surface area contributed by atoms with Crippen LogP contribution in [0.1, 0.15) is 46.5 Å². The number of amides is 1. The van der Waals surface area contributed by atoms with Crippen LogP contribution in [0.25, 0.3) is 5.52 Å². The van der Waals surface area contributed by atoms with E-state index in [1.165, 1.54) is 0 Å². The SMILES string of the molecule is CC(C)(C)OC(=O)N(c1nc(Cl)nn2cccc12)C1CCCC1. The highest BCUT2D eigenvalue weighted by Gasteiger charge is 2.34. The molecular formula is C16H21ClN4O2. The maximum Gasteiger partial charge on any atom is 0.416 e. The monoisotopic (exact) mass is 336 g/mol. The number of rotatable bonds is 2. The second kappa shape index (κ2) is 6.00. The molecule has 6 nitrogen and oxygen atoms in total. The fourth-order valence-corrected chi connectivity index (χ4v) is 3.11. The van der Waals surface area contributed by atoms with Crippen molar-refractivity contribution in [2.45, 2.75) is 58.1 Å². The van der Waals surface area contributed by atoms with Gasteiger partial charge in [-0.05, 0) is 57.3 Å². The van der Waals surface area contributed by atoms with Gasteiger partial charge < -0.3 is 4.74 Å². The van der Waals surface area contributed by atoms with Crippen LogP contribution in [0.15, 0.2) is 18.3 Å². The molecule has 1 aliphatic rings. The Labute approximate surface area is 140 Å². The second-order valence-corrected chi connectivity index (χ2v) is 7.17. The number of halogens is 1. The standard InChI is InChI=1S/C16H21ClN4O2/c1-16(2,3)23-15(22)21(11-7-4-5-8-11)13-12-9-6-10-20(12)19-14(17)18-13/h6,9-11H,4-5,7-8H2,1-3H3. The van der Waals surface area contributed by atoms with Crippen molar-refractivity contribution in [1.82, 2.24) is 14.6 Å². The number of fused-ring (bicyclic) bond motifs is 1. The normalized spacial score (nSPS) is 16.0. The van der Waals surface area contributed by atoms with Gasteiger partial charge in [-0.25, -0.2) is 9.31 Å². The minimum absolute atomic E-state index is 0.0783. The van der Waals surface area contributed by atoms with Crippen LogP contribution in [-0.4, -0.2) is 32.3 Å². The summed E-state index contributed by atoms with van der Waals surface area (Å²) in [7, 11) is 0. The Kier molecular flexibility index (Phi) is 4.19. The van der Waals surface area contributed by atoms with Crippen LogP contribution < -0.4 is 4.90 Å². The Hall–Kier alpha value is -1.82. The maximum atomic E-state index is 12.8. The number of anilines is 1. The average Bonchev–Trinajstić information content (AvgIpc) is 3.07. The van der Waals surface area contributed by atoms with E-state index >= 15 is 0 Å². The van der Waals surface area contributed by atoms with Crippen LogP contribution in [0.3, 0.4) is 0 Å². The summed E-state index contributed by atoms with van der Waals surface area (Å²) in [5.74, 6) is 0.510. The Balaban J connectivity index is 2.06. The number of ether oxygens (including phenoxy) is 1. The molecule has 0 atom stereocenters. The predicted molar refractivity (Wildman–Crippen MR) is 89.0 cm³/mol. The lowest BCUT2D eigenvalue weighted by Gasteiger charge is -2.31. The summed E-state index contributed by atoms with van der Waals surface area (Å²) in [6, 6.07) is 3.80. The zero-order chi connectivity index (χ0) is 16.6. The third kappa shape index (κ3) is 3.42. The van der Waals surface area contributed by atoms with Crippen molar-refractivity contribution in [3.8, 4) is 0 Å². The number of hydrogen-bond acceptors (Lipinski definition) is 4. The first-order chi connectivity index (χ1) is 10.8. The first kappa shape index (κ1) is 16.1. The summed E-state index contributed by atoms with van der Waals surface area (Å²) in [5.41, 5.74) is 0.176. The van der Waals surface area contributed by atoms with E-state index in [1.54, 1.807) is 15.6 Å². The topological polar surface area (TPSA) is 59.7 Å². The molecule has 23 heavy (non-hydrogen) atoms. The van der Waals surface area contributed by atoms with Crippen molar-refractivity contribution in [2.24, 2.45) is 0 Å². The number of aromatic nitrogens is 3. The molecule has 0 aliphatic heterocycles. The molecule has 0 radical (unpaired) electrons. The van der Waals surface area contributed by atoms with Gasteiger partial charge in [0.05, 0.1) is 0 Å². The van der Waals surface area contributed by atoms with Crippen LogP contribution in [0.2, 0.25) is 5.28 Å². The molecule has 0 bridgehead atoms. The molecule has 2 heterocycles. The summed E-state index contributed by atoms with van der Waals surface area (Å²) >= 11 is 6.05. The van der Waals surface area contributed by atoms with Gasteiger partial charge in [0.1, 0.15) is 11.1 Å². The zero-order valence-corrected chi connectivity index (χ0v) is 14.4. The summed E-state index contributed by atoms with van der Waals surface area (Å²) in [5, 5.41) is 4.24. The first-order valence-electron chi connectivity index (χ1n) is 7.88. The summed E-state index contributed by atoms with van der Waals surface area (Å²) in [6.45, 7) is 5.58. The minimum Gasteiger partial charge on any atom is -0.443 e. The van der Waals surface area contributed by atoms with Crippen molar-refractivity contribution >= 4 is 29.0 Å². The summed E-state index contributed by atoms with van der Waals surface area (Å²) in [4.78, 5) is 18.8. The Morgan fingerprint density at radius 1 is 1.39 bits per heavy atom. The highest BCUT2D eigenvalue weighted by molar-refractivity contribution is 6.28. The Morgan fingerprint density at radius 3 is 2.74 bits per heavy atom. The largest absolute Gasteiger partial charge is 0.443 e. The molecule has 0 spiro atoms. The predicted octanol–water partition coefficient (Wildman–Crippen LogP) is 4.07. The van der Waals surface area contributed by atoms with E-state index in [0.717, 1.165) is 31.2 Å². The molecule has 1 aliphatic carbocycles. The lowest BCUT2D eigenvalue weighted by Crippen LogP contribution is -2.43. The molecular weight excluding hydrogens is 316 g/mol. The van der Waals surface area contributed by atoms with Gasteiger partial charge in [0, 0.05) is 12.2 Å². The molecule has 2 aromatic heterocycles. The number of carbonyl (C=O) groups is 1. The van der Waals surface area contributed by atoms with E-state index in [1.807, 2.05) is 32.9 Å². The van der Waals surface area contributed by atoms with Gasteiger partial charge in [-0.1, -0.05) is 12.8 Å². The van der Waals surface area contributed by atoms with Crippen molar-refractivity contribution in [1.29, 1.82) is 0 Å². The maximum absolute atomic E-state index is 12.8. The number of hydrogen-bond donors (Lipinski definition) is 0. The fourth-order valence-electron chi connectivity index (χ4n) is 2.95. The third-order valence-corrected chi connectivity index (χ3v) is 4.01. The van der Waals surface area contributed by atoms with Crippen LogP contribution in [-0.2, 0) is 4.74 Å². The molecule has 3 rings (SSSR count). The third-order valence-electron chi connectivity index (χ3n) is 3.85. The summed E-state index contributed by atoms with van der Waals surface area (Å²) < 4.78 is 7.24. The van der Waals surface area contributed by atoms with Gasteiger partial charge >= 0.3 is 6.09 Å². The van der Waals surface area contributed by atoms with Crippen molar-refractivity contribution in [3.05, 3.63) is 23.6 Å². The lowest BCUT2D eigenvalue weighted by atomic mass is 10.2. The second-order valence-electron chi connectivity index (χ2n) is 6.83. The van der Waals surface area contributed by atoms with Crippen LogP contribution in [0.5, 0.6) is 0 Å². The molecule has 7 heteroatoms.